The van der Waals surface area contributed by atoms with E-state index in [1.807, 2.05) is 13.8 Å². The molecule has 1 heterocycles. The van der Waals surface area contributed by atoms with Crippen LogP contribution < -0.4 is 5.32 Å². The van der Waals surface area contributed by atoms with Gasteiger partial charge in [0.25, 0.3) is 0 Å². The van der Waals surface area contributed by atoms with Gasteiger partial charge in [-0.25, -0.2) is 0 Å². The highest BCUT2D eigenvalue weighted by Crippen LogP contribution is 2.18. The van der Waals surface area contributed by atoms with Gasteiger partial charge >= 0.3 is 5.97 Å². The lowest BCUT2D eigenvalue weighted by Crippen LogP contribution is -2.54. The number of carboxylic acid groups (broad SMARTS) is 1. The maximum Gasteiger partial charge on any atom is 0.323 e. The molecule has 1 aliphatic heterocycles. The maximum atomic E-state index is 11.4. The standard InChI is InChI=1S/C14H28N2O2/c1-4-9-14(3,13(17)18)15-12-7-6-10-16(5-2)11-8-12/h12,15H,4-11H2,1-3H3,(H,17,18). The lowest BCUT2D eigenvalue weighted by Gasteiger charge is -2.31. The average molecular weight is 256 g/mol. The Morgan fingerprint density at radius 2 is 2.11 bits per heavy atom. The van der Waals surface area contributed by atoms with Crippen LogP contribution in [0.15, 0.2) is 0 Å². The van der Waals surface area contributed by atoms with Gasteiger partial charge in [-0.3, -0.25) is 10.1 Å². The van der Waals surface area contributed by atoms with E-state index in [-0.39, 0.29) is 0 Å². The summed E-state index contributed by atoms with van der Waals surface area (Å²) in [7, 11) is 0. The van der Waals surface area contributed by atoms with Crippen LogP contribution in [0.25, 0.3) is 0 Å². The summed E-state index contributed by atoms with van der Waals surface area (Å²) in [5.41, 5.74) is -0.763. The van der Waals surface area contributed by atoms with E-state index in [0.29, 0.717) is 12.5 Å². The van der Waals surface area contributed by atoms with Crippen molar-refractivity contribution in [2.45, 2.75) is 64.5 Å². The highest BCUT2D eigenvalue weighted by Gasteiger charge is 2.34. The summed E-state index contributed by atoms with van der Waals surface area (Å²) in [5.74, 6) is -0.721. The molecule has 0 aromatic heterocycles. The van der Waals surface area contributed by atoms with Crippen LogP contribution in [-0.4, -0.2) is 47.2 Å². The summed E-state index contributed by atoms with van der Waals surface area (Å²) in [6.45, 7) is 9.36. The molecule has 2 atom stereocenters. The summed E-state index contributed by atoms with van der Waals surface area (Å²) < 4.78 is 0. The number of carboxylic acids is 1. The first-order chi connectivity index (χ1) is 8.51. The van der Waals surface area contributed by atoms with E-state index in [1.165, 1.54) is 0 Å². The molecule has 1 rings (SSSR count). The van der Waals surface area contributed by atoms with Crippen molar-refractivity contribution in [3.05, 3.63) is 0 Å². The Hall–Kier alpha value is -0.610. The molecule has 106 valence electrons. The monoisotopic (exact) mass is 256 g/mol. The molecule has 1 saturated heterocycles. The third-order valence-electron chi connectivity index (χ3n) is 4.01. The van der Waals surface area contributed by atoms with Gasteiger partial charge in [-0.05, 0) is 52.2 Å². The zero-order valence-corrected chi connectivity index (χ0v) is 12.0. The Kier molecular flexibility index (Phi) is 6.09. The molecule has 0 spiro atoms. The second-order valence-electron chi connectivity index (χ2n) is 5.59. The first-order valence-corrected chi connectivity index (χ1v) is 7.25. The summed E-state index contributed by atoms with van der Waals surface area (Å²) in [5, 5.41) is 12.8. The van der Waals surface area contributed by atoms with E-state index in [4.69, 9.17) is 0 Å². The van der Waals surface area contributed by atoms with Crippen molar-refractivity contribution >= 4 is 5.97 Å². The van der Waals surface area contributed by atoms with Gasteiger partial charge in [0.15, 0.2) is 0 Å². The molecule has 4 nitrogen and oxygen atoms in total. The van der Waals surface area contributed by atoms with Crippen molar-refractivity contribution in [1.29, 1.82) is 0 Å². The van der Waals surface area contributed by atoms with Crippen LogP contribution in [-0.2, 0) is 4.79 Å². The number of likely N-dealkylation sites (tertiary alicyclic amines) is 1. The Morgan fingerprint density at radius 3 is 2.67 bits per heavy atom. The largest absolute Gasteiger partial charge is 0.480 e. The molecule has 1 fully saturated rings. The SMILES string of the molecule is CCCC(C)(NC1CCCN(CC)CC1)C(=O)O. The number of nitrogens with one attached hydrogen (secondary N) is 1. The minimum Gasteiger partial charge on any atom is -0.480 e. The van der Waals surface area contributed by atoms with Crippen LogP contribution in [0.3, 0.4) is 0 Å². The van der Waals surface area contributed by atoms with E-state index in [9.17, 15) is 9.90 Å². The van der Waals surface area contributed by atoms with Crippen molar-refractivity contribution in [3.8, 4) is 0 Å². The first kappa shape index (κ1) is 15.4. The van der Waals surface area contributed by atoms with Crippen molar-refractivity contribution in [2.75, 3.05) is 19.6 Å². The highest BCUT2D eigenvalue weighted by atomic mass is 16.4. The fraction of sp³-hybridized carbons (Fsp3) is 0.929. The Bertz CT molecular complexity index is 271. The van der Waals surface area contributed by atoms with E-state index in [0.717, 1.165) is 45.3 Å². The van der Waals surface area contributed by atoms with E-state index in [1.54, 1.807) is 0 Å². The molecule has 4 heteroatoms. The number of hydrogen-bond donors (Lipinski definition) is 2. The van der Waals surface area contributed by atoms with Gasteiger partial charge in [0, 0.05) is 6.04 Å². The van der Waals surface area contributed by atoms with Crippen LogP contribution >= 0.6 is 0 Å². The van der Waals surface area contributed by atoms with Crippen molar-refractivity contribution < 1.29 is 9.90 Å². The van der Waals surface area contributed by atoms with Gasteiger partial charge in [-0.1, -0.05) is 20.3 Å². The maximum absolute atomic E-state index is 11.4. The third kappa shape index (κ3) is 4.25. The summed E-state index contributed by atoms with van der Waals surface area (Å²) in [6.07, 6.45) is 4.89. The predicted octanol–water partition coefficient (Wildman–Crippen LogP) is 2.09. The molecule has 2 unspecified atom stereocenters. The van der Waals surface area contributed by atoms with Gasteiger partial charge in [0.1, 0.15) is 5.54 Å². The van der Waals surface area contributed by atoms with Gasteiger partial charge in [0.05, 0.1) is 0 Å². The summed E-state index contributed by atoms with van der Waals surface area (Å²) in [6, 6.07) is 0.342. The Balaban J connectivity index is 2.56. The number of aliphatic carboxylic acids is 1. The lowest BCUT2D eigenvalue weighted by molar-refractivity contribution is -0.145. The number of rotatable bonds is 6. The fourth-order valence-corrected chi connectivity index (χ4v) is 2.81. The quantitative estimate of drug-likeness (QED) is 0.764. The zero-order valence-electron chi connectivity index (χ0n) is 12.0. The molecule has 0 amide bonds. The molecule has 0 aromatic rings. The molecule has 0 radical (unpaired) electrons. The number of nitrogens with zero attached hydrogens (tertiary/aromatic N) is 1. The number of carbonyl (C=O) groups is 1. The van der Waals surface area contributed by atoms with E-state index < -0.39 is 11.5 Å². The Labute approximate surface area is 111 Å². The molecular formula is C14H28N2O2. The van der Waals surface area contributed by atoms with E-state index >= 15 is 0 Å². The van der Waals surface area contributed by atoms with E-state index in [2.05, 4.69) is 17.1 Å². The van der Waals surface area contributed by atoms with Crippen LogP contribution in [0.4, 0.5) is 0 Å². The van der Waals surface area contributed by atoms with Crippen molar-refractivity contribution in [3.63, 3.8) is 0 Å². The van der Waals surface area contributed by atoms with Gasteiger partial charge in [0.2, 0.25) is 0 Å². The second kappa shape index (κ2) is 7.10. The minimum absolute atomic E-state index is 0.342. The molecule has 1 aliphatic rings. The Morgan fingerprint density at radius 1 is 1.39 bits per heavy atom. The summed E-state index contributed by atoms with van der Waals surface area (Å²) >= 11 is 0. The van der Waals surface area contributed by atoms with Gasteiger partial charge in [-0.2, -0.15) is 0 Å². The highest BCUT2D eigenvalue weighted by molar-refractivity contribution is 5.78. The van der Waals surface area contributed by atoms with Crippen LogP contribution in [0.2, 0.25) is 0 Å². The molecule has 0 saturated carbocycles. The van der Waals surface area contributed by atoms with Crippen LogP contribution in [0.1, 0.15) is 52.9 Å². The summed E-state index contributed by atoms with van der Waals surface area (Å²) in [4.78, 5) is 13.9. The molecule has 18 heavy (non-hydrogen) atoms. The van der Waals surface area contributed by atoms with Gasteiger partial charge in [-0.15, -0.1) is 0 Å². The van der Waals surface area contributed by atoms with Crippen LogP contribution in [0.5, 0.6) is 0 Å². The van der Waals surface area contributed by atoms with Crippen molar-refractivity contribution in [2.24, 2.45) is 0 Å². The number of hydrogen-bond acceptors (Lipinski definition) is 3. The van der Waals surface area contributed by atoms with Crippen molar-refractivity contribution in [1.82, 2.24) is 10.2 Å². The molecule has 0 aliphatic carbocycles. The molecule has 2 N–H and O–H groups in total. The minimum atomic E-state index is -0.763. The normalized spacial score (nSPS) is 25.4. The first-order valence-electron chi connectivity index (χ1n) is 7.25. The second-order valence-corrected chi connectivity index (χ2v) is 5.59. The topological polar surface area (TPSA) is 52.6 Å². The molecule has 0 aromatic carbocycles. The van der Waals surface area contributed by atoms with Crippen LogP contribution in [0, 0.1) is 0 Å². The lowest BCUT2D eigenvalue weighted by atomic mass is 9.93. The van der Waals surface area contributed by atoms with Gasteiger partial charge < -0.3 is 10.0 Å². The predicted molar refractivity (Wildman–Crippen MR) is 73.8 cm³/mol. The molecular weight excluding hydrogens is 228 g/mol. The fourth-order valence-electron chi connectivity index (χ4n) is 2.81. The zero-order chi connectivity index (χ0) is 13.6. The molecule has 0 bridgehead atoms. The smallest absolute Gasteiger partial charge is 0.323 e. The third-order valence-corrected chi connectivity index (χ3v) is 4.01. The average Bonchev–Trinajstić information content (AvgIpc) is 2.54.